The Morgan fingerprint density at radius 1 is 1.63 bits per heavy atom. The lowest BCUT2D eigenvalue weighted by Crippen LogP contribution is -2.34. The van der Waals surface area contributed by atoms with Crippen molar-refractivity contribution in [3.63, 3.8) is 0 Å². The fourth-order valence-electron chi connectivity index (χ4n) is 1.38. The summed E-state index contributed by atoms with van der Waals surface area (Å²) in [4.78, 5) is 20.4. The Hall–Kier alpha value is -2.38. The van der Waals surface area contributed by atoms with Gasteiger partial charge in [0.1, 0.15) is 11.9 Å². The van der Waals surface area contributed by atoms with E-state index < -0.39 is 22.9 Å². The number of halogens is 1. The number of carboxylic acid groups (broad SMARTS) is 1. The van der Waals surface area contributed by atoms with Crippen LogP contribution in [-0.4, -0.2) is 28.8 Å². The first-order valence-corrected chi connectivity index (χ1v) is 5.51. The number of amides is 1. The van der Waals surface area contributed by atoms with Gasteiger partial charge in [-0.3, -0.25) is 10.1 Å². The van der Waals surface area contributed by atoms with Crippen LogP contribution in [0.3, 0.4) is 0 Å². The van der Waals surface area contributed by atoms with Gasteiger partial charge >= 0.3 is 11.8 Å². The summed E-state index contributed by atoms with van der Waals surface area (Å²) in [6.07, 6.45) is -1.43. The minimum Gasteiger partial charge on any atom is -0.482 e. The second-order valence-corrected chi connectivity index (χ2v) is 3.70. The van der Waals surface area contributed by atoms with Gasteiger partial charge in [-0.25, -0.2) is 9.18 Å². The molecular formula is C11H13FN2O5. The lowest BCUT2D eigenvalue weighted by Gasteiger charge is -2.17. The lowest BCUT2D eigenvalue weighted by molar-refractivity contribution is -0.386. The van der Waals surface area contributed by atoms with Crippen LogP contribution in [-0.2, 0) is 0 Å². The molecule has 7 nitrogen and oxygen atoms in total. The Balaban J connectivity index is 2.86. The molecule has 1 unspecified atom stereocenters. The summed E-state index contributed by atoms with van der Waals surface area (Å²) in [5.74, 6) is -0.884. The largest absolute Gasteiger partial charge is 0.482 e. The summed E-state index contributed by atoms with van der Waals surface area (Å²) >= 11 is 0. The molecule has 1 aromatic carbocycles. The Morgan fingerprint density at radius 2 is 2.32 bits per heavy atom. The molecule has 1 amide bonds. The van der Waals surface area contributed by atoms with Crippen molar-refractivity contribution in [3.8, 4) is 5.75 Å². The van der Waals surface area contributed by atoms with Crippen molar-refractivity contribution in [1.29, 1.82) is 0 Å². The fourth-order valence-corrected chi connectivity index (χ4v) is 1.38. The first kappa shape index (κ1) is 14.7. The molecular weight excluding hydrogens is 259 g/mol. The van der Waals surface area contributed by atoms with E-state index in [-0.39, 0.29) is 18.0 Å². The third-order valence-corrected chi connectivity index (χ3v) is 2.35. The number of nitro benzene ring substituents is 1. The Morgan fingerprint density at radius 3 is 2.84 bits per heavy atom. The maximum atomic E-state index is 13.1. The van der Waals surface area contributed by atoms with Crippen LogP contribution in [0.25, 0.3) is 0 Å². The van der Waals surface area contributed by atoms with Crippen LogP contribution in [0, 0.1) is 15.9 Å². The molecule has 0 bridgehead atoms. The van der Waals surface area contributed by atoms with E-state index in [0.29, 0.717) is 6.42 Å². The van der Waals surface area contributed by atoms with Gasteiger partial charge in [-0.05, 0) is 12.5 Å². The smallest absolute Gasteiger partial charge is 0.404 e. The Kier molecular flexibility index (Phi) is 5.04. The maximum Gasteiger partial charge on any atom is 0.404 e. The van der Waals surface area contributed by atoms with Crippen LogP contribution in [0.5, 0.6) is 5.75 Å². The highest BCUT2D eigenvalue weighted by Gasteiger charge is 2.19. The third kappa shape index (κ3) is 4.41. The number of hydrogen-bond donors (Lipinski definition) is 2. The molecule has 0 radical (unpaired) electrons. The molecule has 1 rings (SSSR count). The zero-order valence-corrected chi connectivity index (χ0v) is 10.1. The quantitative estimate of drug-likeness (QED) is 0.610. The van der Waals surface area contributed by atoms with Gasteiger partial charge in [-0.15, -0.1) is 0 Å². The van der Waals surface area contributed by atoms with Crippen LogP contribution < -0.4 is 10.1 Å². The summed E-state index contributed by atoms with van der Waals surface area (Å²) in [7, 11) is 0. The van der Waals surface area contributed by atoms with Gasteiger partial charge < -0.3 is 15.2 Å². The van der Waals surface area contributed by atoms with Gasteiger partial charge in [-0.1, -0.05) is 6.92 Å². The molecule has 2 N–H and O–H groups in total. The highest BCUT2D eigenvalue weighted by Crippen LogP contribution is 2.28. The fraction of sp³-hybridized carbons (Fsp3) is 0.364. The first-order chi connectivity index (χ1) is 8.93. The molecule has 0 aliphatic carbocycles. The number of nitrogens with one attached hydrogen (secondary N) is 1. The third-order valence-electron chi connectivity index (χ3n) is 2.35. The zero-order chi connectivity index (χ0) is 14.4. The molecule has 0 spiro atoms. The lowest BCUT2D eigenvalue weighted by atomic mass is 10.2. The maximum absolute atomic E-state index is 13.1. The standard InChI is InChI=1S/C11H13FN2O5/c1-2-8(6-13-11(15)16)19-10-5-7(12)3-4-9(10)14(17)18/h3-5,8,13H,2,6H2,1H3,(H,15,16). The van der Waals surface area contributed by atoms with Crippen LogP contribution in [0.1, 0.15) is 13.3 Å². The predicted octanol–water partition coefficient (Wildman–Crippen LogP) is 2.16. The van der Waals surface area contributed by atoms with E-state index in [0.717, 1.165) is 18.2 Å². The predicted molar refractivity (Wildman–Crippen MR) is 63.8 cm³/mol. The molecule has 0 aliphatic rings. The van der Waals surface area contributed by atoms with Crippen molar-refractivity contribution in [1.82, 2.24) is 5.32 Å². The zero-order valence-electron chi connectivity index (χ0n) is 10.1. The second-order valence-electron chi connectivity index (χ2n) is 3.70. The van der Waals surface area contributed by atoms with Crippen LogP contribution in [0.4, 0.5) is 14.9 Å². The topological polar surface area (TPSA) is 102 Å². The Labute approximate surface area is 108 Å². The van der Waals surface area contributed by atoms with Crippen molar-refractivity contribution in [2.45, 2.75) is 19.4 Å². The van der Waals surface area contributed by atoms with Gasteiger partial charge in [0.05, 0.1) is 11.5 Å². The molecule has 104 valence electrons. The molecule has 0 fully saturated rings. The van der Waals surface area contributed by atoms with E-state index in [2.05, 4.69) is 5.32 Å². The van der Waals surface area contributed by atoms with E-state index >= 15 is 0 Å². The van der Waals surface area contributed by atoms with E-state index in [1.807, 2.05) is 0 Å². The molecule has 1 atom stereocenters. The van der Waals surface area contributed by atoms with Crippen molar-refractivity contribution in [2.75, 3.05) is 6.54 Å². The Bertz CT molecular complexity index is 480. The molecule has 1 aromatic rings. The van der Waals surface area contributed by atoms with E-state index in [4.69, 9.17) is 9.84 Å². The van der Waals surface area contributed by atoms with Crippen molar-refractivity contribution < 1.29 is 24.0 Å². The van der Waals surface area contributed by atoms with Crippen molar-refractivity contribution in [3.05, 3.63) is 34.1 Å². The summed E-state index contributed by atoms with van der Waals surface area (Å²) in [5.41, 5.74) is -0.366. The molecule has 0 saturated carbocycles. The summed E-state index contributed by atoms with van der Waals surface area (Å²) < 4.78 is 18.3. The minimum absolute atomic E-state index is 0.0422. The van der Waals surface area contributed by atoms with E-state index in [1.54, 1.807) is 6.92 Å². The molecule has 0 heterocycles. The second kappa shape index (κ2) is 6.53. The monoisotopic (exact) mass is 272 g/mol. The minimum atomic E-state index is -1.23. The SMILES string of the molecule is CCC(CNC(=O)O)Oc1cc(F)ccc1[N+](=O)[O-]. The van der Waals surface area contributed by atoms with Crippen molar-refractivity contribution >= 4 is 11.8 Å². The molecule has 0 aliphatic heterocycles. The average molecular weight is 272 g/mol. The molecule has 0 aromatic heterocycles. The van der Waals surface area contributed by atoms with Crippen LogP contribution in [0.2, 0.25) is 0 Å². The highest BCUT2D eigenvalue weighted by atomic mass is 19.1. The number of rotatable bonds is 6. The van der Waals surface area contributed by atoms with E-state index in [1.165, 1.54) is 0 Å². The van der Waals surface area contributed by atoms with Gasteiger partial charge in [-0.2, -0.15) is 0 Å². The number of carbonyl (C=O) groups is 1. The van der Waals surface area contributed by atoms with Crippen LogP contribution >= 0.6 is 0 Å². The normalized spacial score (nSPS) is 11.7. The van der Waals surface area contributed by atoms with Gasteiger partial charge in [0.2, 0.25) is 0 Å². The summed E-state index contributed by atoms with van der Waals surface area (Å²) in [5, 5.41) is 21.3. The molecule has 19 heavy (non-hydrogen) atoms. The first-order valence-electron chi connectivity index (χ1n) is 5.51. The molecule has 0 saturated heterocycles. The van der Waals surface area contributed by atoms with Gasteiger partial charge in [0, 0.05) is 12.1 Å². The van der Waals surface area contributed by atoms with Crippen LogP contribution in [0.15, 0.2) is 18.2 Å². The van der Waals surface area contributed by atoms with Crippen molar-refractivity contribution in [2.24, 2.45) is 0 Å². The van der Waals surface area contributed by atoms with Gasteiger partial charge in [0.25, 0.3) is 0 Å². The highest BCUT2D eigenvalue weighted by molar-refractivity contribution is 5.64. The number of ether oxygens (including phenoxy) is 1. The average Bonchev–Trinajstić information content (AvgIpc) is 2.33. The number of hydrogen-bond acceptors (Lipinski definition) is 4. The van der Waals surface area contributed by atoms with Gasteiger partial charge in [0.15, 0.2) is 5.75 Å². The summed E-state index contributed by atoms with van der Waals surface area (Å²) in [6.45, 7) is 1.68. The number of benzene rings is 1. The number of nitro groups is 1. The summed E-state index contributed by atoms with van der Waals surface area (Å²) in [6, 6.07) is 2.87. The van der Waals surface area contributed by atoms with E-state index in [9.17, 15) is 19.3 Å². The molecule has 8 heteroatoms. The number of nitrogens with zero attached hydrogens (tertiary/aromatic N) is 1.